The van der Waals surface area contributed by atoms with Crippen LogP contribution < -0.4 is 5.32 Å². The number of nitrogens with zero attached hydrogens (tertiary/aromatic N) is 1. The van der Waals surface area contributed by atoms with Crippen LogP contribution in [0, 0.1) is 22.5 Å². The molecular weight excluding hydrogens is 216 g/mol. The van der Waals surface area contributed by atoms with Crippen LogP contribution in [0.2, 0.25) is 0 Å². The third kappa shape index (κ3) is 3.73. The first-order valence-corrected chi connectivity index (χ1v) is 5.73. The van der Waals surface area contributed by atoms with Crippen molar-refractivity contribution in [1.29, 1.82) is 0 Å². The molecule has 1 rings (SSSR count). The van der Waals surface area contributed by atoms with E-state index >= 15 is 0 Å². The Balaban J connectivity index is 2.96. The molecule has 0 saturated heterocycles. The molecule has 1 N–H and O–H groups in total. The molecule has 0 fully saturated rings. The summed E-state index contributed by atoms with van der Waals surface area (Å²) in [5.41, 5.74) is 1.94. The molecule has 1 atom stereocenters. The molecule has 17 heavy (non-hydrogen) atoms. The Bertz CT molecular complexity index is 422. The van der Waals surface area contributed by atoms with Crippen molar-refractivity contribution in [3.8, 4) is 0 Å². The fourth-order valence-electron chi connectivity index (χ4n) is 1.42. The van der Waals surface area contributed by atoms with Gasteiger partial charge < -0.3 is 5.32 Å². The van der Waals surface area contributed by atoms with Crippen LogP contribution in [0.25, 0.3) is 0 Å². The highest BCUT2D eigenvalue weighted by atomic mass is 16.6. The molecule has 0 aromatic heterocycles. The summed E-state index contributed by atoms with van der Waals surface area (Å²) in [5.74, 6) is 0. The van der Waals surface area contributed by atoms with E-state index in [4.69, 9.17) is 0 Å². The number of nitrogens with one attached hydrogen (secondary N) is 1. The van der Waals surface area contributed by atoms with Crippen LogP contribution in [0.15, 0.2) is 18.2 Å². The van der Waals surface area contributed by atoms with E-state index in [0.29, 0.717) is 0 Å². The number of hydrogen-bond donors (Lipinski definition) is 1. The van der Waals surface area contributed by atoms with Crippen LogP contribution in [-0.2, 0) is 0 Å². The summed E-state index contributed by atoms with van der Waals surface area (Å²) < 4.78 is 0. The first-order chi connectivity index (χ1) is 7.70. The Hall–Kier alpha value is -1.58. The van der Waals surface area contributed by atoms with E-state index < -0.39 is 0 Å². The SMILES string of the molecule is Cc1cc(NC(C)C(C)(C)C)cc([N+](=O)[O-])c1. The minimum absolute atomic E-state index is 0.110. The third-order valence-electron chi connectivity index (χ3n) is 2.96. The highest BCUT2D eigenvalue weighted by molar-refractivity contribution is 5.54. The zero-order chi connectivity index (χ0) is 13.2. The number of hydrogen-bond acceptors (Lipinski definition) is 3. The molecule has 0 bridgehead atoms. The Morgan fingerprint density at radius 3 is 2.35 bits per heavy atom. The monoisotopic (exact) mass is 236 g/mol. The summed E-state index contributed by atoms with van der Waals surface area (Å²) in [7, 11) is 0. The van der Waals surface area contributed by atoms with E-state index in [2.05, 4.69) is 33.0 Å². The van der Waals surface area contributed by atoms with Gasteiger partial charge in [-0.2, -0.15) is 0 Å². The van der Waals surface area contributed by atoms with Crippen LogP contribution in [0.1, 0.15) is 33.3 Å². The van der Waals surface area contributed by atoms with E-state index in [0.717, 1.165) is 11.3 Å². The fourth-order valence-corrected chi connectivity index (χ4v) is 1.42. The first kappa shape index (κ1) is 13.5. The topological polar surface area (TPSA) is 55.2 Å². The van der Waals surface area contributed by atoms with Crippen molar-refractivity contribution in [2.45, 2.75) is 40.7 Å². The molecule has 4 heteroatoms. The predicted molar refractivity (Wildman–Crippen MR) is 70.4 cm³/mol. The Kier molecular flexibility index (Phi) is 3.76. The van der Waals surface area contributed by atoms with Gasteiger partial charge in [0.05, 0.1) is 4.92 Å². The summed E-state index contributed by atoms with van der Waals surface area (Å²) in [4.78, 5) is 10.4. The molecule has 0 aliphatic rings. The first-order valence-electron chi connectivity index (χ1n) is 5.73. The van der Waals surface area contributed by atoms with Crippen molar-refractivity contribution in [2.24, 2.45) is 5.41 Å². The number of benzene rings is 1. The molecule has 0 amide bonds. The van der Waals surface area contributed by atoms with Gasteiger partial charge in [0.1, 0.15) is 0 Å². The molecule has 1 unspecified atom stereocenters. The number of rotatable bonds is 3. The lowest BCUT2D eigenvalue weighted by Gasteiger charge is -2.29. The van der Waals surface area contributed by atoms with Gasteiger partial charge in [-0.3, -0.25) is 10.1 Å². The van der Waals surface area contributed by atoms with Gasteiger partial charge in [0.2, 0.25) is 0 Å². The van der Waals surface area contributed by atoms with Gasteiger partial charge in [0.25, 0.3) is 5.69 Å². The maximum Gasteiger partial charge on any atom is 0.271 e. The fraction of sp³-hybridized carbons (Fsp3) is 0.538. The maximum atomic E-state index is 10.8. The van der Waals surface area contributed by atoms with Crippen molar-refractivity contribution < 1.29 is 4.92 Å². The highest BCUT2D eigenvalue weighted by Crippen LogP contribution is 2.26. The van der Waals surface area contributed by atoms with Crippen LogP contribution in [0.4, 0.5) is 11.4 Å². The number of non-ortho nitro benzene ring substituents is 1. The molecule has 0 spiro atoms. The van der Waals surface area contributed by atoms with Crippen molar-refractivity contribution in [1.82, 2.24) is 0 Å². The van der Waals surface area contributed by atoms with Gasteiger partial charge in [-0.15, -0.1) is 0 Å². The quantitative estimate of drug-likeness (QED) is 0.642. The minimum Gasteiger partial charge on any atom is -0.382 e. The highest BCUT2D eigenvalue weighted by Gasteiger charge is 2.20. The van der Waals surface area contributed by atoms with Gasteiger partial charge in [0.15, 0.2) is 0 Å². The van der Waals surface area contributed by atoms with Gasteiger partial charge in [-0.05, 0) is 30.9 Å². The minimum atomic E-state index is -0.361. The molecule has 0 aliphatic heterocycles. The van der Waals surface area contributed by atoms with Crippen LogP contribution >= 0.6 is 0 Å². The molecule has 1 aromatic carbocycles. The van der Waals surface area contributed by atoms with Gasteiger partial charge in [-0.1, -0.05) is 20.8 Å². The second-order valence-corrected chi connectivity index (χ2v) is 5.55. The standard InChI is InChI=1S/C13H20N2O2/c1-9-6-11(8-12(7-9)15(16)17)14-10(2)13(3,4)5/h6-8,10,14H,1-5H3. The normalized spacial score (nSPS) is 13.2. The number of anilines is 1. The smallest absolute Gasteiger partial charge is 0.271 e. The van der Waals surface area contributed by atoms with Gasteiger partial charge >= 0.3 is 0 Å². The van der Waals surface area contributed by atoms with Gasteiger partial charge in [-0.25, -0.2) is 0 Å². The maximum absolute atomic E-state index is 10.8. The van der Waals surface area contributed by atoms with Crippen molar-refractivity contribution in [3.05, 3.63) is 33.9 Å². The molecule has 0 aliphatic carbocycles. The van der Waals surface area contributed by atoms with E-state index in [1.807, 2.05) is 13.0 Å². The summed E-state index contributed by atoms with van der Waals surface area (Å²) in [6.07, 6.45) is 0. The van der Waals surface area contributed by atoms with Crippen molar-refractivity contribution >= 4 is 11.4 Å². The van der Waals surface area contributed by atoms with E-state index in [-0.39, 0.29) is 22.1 Å². The summed E-state index contributed by atoms with van der Waals surface area (Å²) in [5, 5.41) is 14.1. The van der Waals surface area contributed by atoms with Crippen molar-refractivity contribution in [3.63, 3.8) is 0 Å². The molecule has 0 heterocycles. The second kappa shape index (κ2) is 4.73. The Labute approximate surface area is 102 Å². The number of nitro groups is 1. The second-order valence-electron chi connectivity index (χ2n) is 5.55. The zero-order valence-corrected chi connectivity index (χ0v) is 11.1. The lowest BCUT2D eigenvalue weighted by molar-refractivity contribution is -0.384. The van der Waals surface area contributed by atoms with Crippen LogP contribution in [0.3, 0.4) is 0 Å². The summed E-state index contributed by atoms with van der Waals surface area (Å²) in [6, 6.07) is 5.32. The Morgan fingerprint density at radius 2 is 1.88 bits per heavy atom. The van der Waals surface area contributed by atoms with Crippen molar-refractivity contribution in [2.75, 3.05) is 5.32 Å². The molecule has 0 saturated carbocycles. The zero-order valence-electron chi connectivity index (χ0n) is 11.1. The number of nitro benzene ring substituents is 1. The van der Waals surface area contributed by atoms with Crippen LogP contribution in [0.5, 0.6) is 0 Å². The molecular formula is C13H20N2O2. The summed E-state index contributed by atoms with van der Waals surface area (Å²) >= 11 is 0. The average Bonchev–Trinajstić information content (AvgIpc) is 2.14. The molecule has 0 radical (unpaired) electrons. The van der Waals surface area contributed by atoms with E-state index in [1.165, 1.54) is 0 Å². The molecule has 1 aromatic rings. The largest absolute Gasteiger partial charge is 0.382 e. The van der Waals surface area contributed by atoms with E-state index in [1.54, 1.807) is 12.1 Å². The predicted octanol–water partition coefficient (Wildman–Crippen LogP) is 3.75. The lowest BCUT2D eigenvalue weighted by Crippen LogP contribution is -2.30. The van der Waals surface area contributed by atoms with Gasteiger partial charge in [0, 0.05) is 23.9 Å². The number of aryl methyl sites for hydroxylation is 1. The Morgan fingerprint density at radius 1 is 1.29 bits per heavy atom. The van der Waals surface area contributed by atoms with Crippen LogP contribution in [-0.4, -0.2) is 11.0 Å². The van der Waals surface area contributed by atoms with E-state index in [9.17, 15) is 10.1 Å². The average molecular weight is 236 g/mol. The molecule has 4 nitrogen and oxygen atoms in total. The molecule has 94 valence electrons. The lowest BCUT2D eigenvalue weighted by atomic mass is 9.88. The summed E-state index contributed by atoms with van der Waals surface area (Å²) in [6.45, 7) is 10.3. The third-order valence-corrected chi connectivity index (χ3v) is 2.96.